The standard InChI is InChI=1S/C42H52N2O2/c1-39(2,44-36-23-22-33-34-21-14-26-40(34,3)27-24-35(33)41(36,4)28-25-38(44)46)43-37(45)29-42(30-15-8-5-9-16-30,31-17-10-6-11-18-31)32-19-12-7-13-20-32/h5-13,15-20,33-36H,14,21-29H2,1-4H3,(H,43,45)/t33-,34-,35+,36?,40-,41+/m0/s1. The van der Waals surface area contributed by atoms with Crippen molar-refractivity contribution < 1.29 is 9.59 Å². The van der Waals surface area contributed by atoms with Gasteiger partial charge >= 0.3 is 0 Å². The maximum absolute atomic E-state index is 14.5. The molecule has 4 fully saturated rings. The van der Waals surface area contributed by atoms with E-state index >= 15 is 0 Å². The van der Waals surface area contributed by atoms with Gasteiger partial charge in [-0.05, 0) is 104 Å². The first-order chi connectivity index (χ1) is 22.1. The molecule has 0 radical (unpaired) electrons. The van der Waals surface area contributed by atoms with Crippen molar-refractivity contribution in [2.75, 3.05) is 0 Å². The average Bonchev–Trinajstić information content (AvgIpc) is 3.47. The number of hydrogen-bond acceptors (Lipinski definition) is 2. The van der Waals surface area contributed by atoms with Gasteiger partial charge in [0.15, 0.2) is 0 Å². The lowest BCUT2D eigenvalue weighted by atomic mass is 9.47. The van der Waals surface area contributed by atoms with Crippen LogP contribution in [0.5, 0.6) is 0 Å². The number of amides is 2. The van der Waals surface area contributed by atoms with E-state index < -0.39 is 11.1 Å². The predicted octanol–water partition coefficient (Wildman–Crippen LogP) is 8.89. The van der Waals surface area contributed by atoms with Gasteiger partial charge in [0.2, 0.25) is 11.8 Å². The number of rotatable bonds is 7. The third-order valence-electron chi connectivity index (χ3n) is 13.3. The van der Waals surface area contributed by atoms with Crippen LogP contribution >= 0.6 is 0 Å². The Balaban J connectivity index is 1.20. The lowest BCUT2D eigenvalue weighted by Crippen LogP contribution is -2.70. The molecule has 0 bridgehead atoms. The van der Waals surface area contributed by atoms with E-state index in [-0.39, 0.29) is 29.7 Å². The van der Waals surface area contributed by atoms with E-state index in [1.807, 2.05) is 18.2 Å². The normalized spacial score (nSPS) is 31.0. The van der Waals surface area contributed by atoms with Crippen molar-refractivity contribution in [3.05, 3.63) is 108 Å². The zero-order chi connectivity index (χ0) is 32.2. The third-order valence-corrected chi connectivity index (χ3v) is 13.3. The Labute approximate surface area is 276 Å². The van der Waals surface area contributed by atoms with Crippen molar-refractivity contribution in [2.45, 2.75) is 109 Å². The highest BCUT2D eigenvalue weighted by Crippen LogP contribution is 2.65. The molecule has 0 spiro atoms. The van der Waals surface area contributed by atoms with Crippen molar-refractivity contribution in [3.63, 3.8) is 0 Å². The molecule has 3 aliphatic carbocycles. The van der Waals surface area contributed by atoms with Crippen molar-refractivity contribution in [1.29, 1.82) is 0 Å². The monoisotopic (exact) mass is 616 g/mol. The molecule has 2 amide bonds. The predicted molar refractivity (Wildman–Crippen MR) is 185 cm³/mol. The van der Waals surface area contributed by atoms with Crippen LogP contribution in [0.1, 0.15) is 109 Å². The molecule has 4 heteroatoms. The molecule has 3 aromatic rings. The number of carbonyl (C=O) groups excluding carboxylic acids is 2. The highest BCUT2D eigenvalue weighted by molar-refractivity contribution is 5.83. The van der Waals surface area contributed by atoms with Gasteiger partial charge in [0, 0.05) is 18.9 Å². The molecule has 7 rings (SSSR count). The number of carbonyl (C=O) groups is 2. The number of nitrogens with one attached hydrogen (secondary N) is 1. The number of piperidine rings is 1. The van der Waals surface area contributed by atoms with Gasteiger partial charge in [0.25, 0.3) is 0 Å². The lowest BCUT2D eigenvalue weighted by molar-refractivity contribution is -0.175. The van der Waals surface area contributed by atoms with E-state index in [2.05, 4.69) is 111 Å². The fourth-order valence-electron chi connectivity index (χ4n) is 11.2. The molecular formula is C42H52N2O2. The Morgan fingerprint density at radius 1 is 0.761 bits per heavy atom. The van der Waals surface area contributed by atoms with E-state index in [4.69, 9.17) is 0 Å². The van der Waals surface area contributed by atoms with Gasteiger partial charge in [0.1, 0.15) is 5.66 Å². The quantitative estimate of drug-likeness (QED) is 0.270. The first-order valence-corrected chi connectivity index (χ1v) is 17.9. The summed E-state index contributed by atoms with van der Waals surface area (Å²) in [6.07, 6.45) is 10.8. The number of hydrogen-bond donors (Lipinski definition) is 1. The zero-order valence-corrected chi connectivity index (χ0v) is 28.3. The van der Waals surface area contributed by atoms with Crippen LogP contribution in [0.3, 0.4) is 0 Å². The summed E-state index contributed by atoms with van der Waals surface area (Å²) in [5, 5.41) is 3.45. The highest BCUT2D eigenvalue weighted by atomic mass is 16.2. The molecule has 4 nitrogen and oxygen atoms in total. The molecule has 1 N–H and O–H groups in total. The van der Waals surface area contributed by atoms with Crippen LogP contribution in [0.15, 0.2) is 91.0 Å². The minimum absolute atomic E-state index is 0.0466. The van der Waals surface area contributed by atoms with Gasteiger partial charge in [-0.2, -0.15) is 0 Å². The summed E-state index contributed by atoms with van der Waals surface area (Å²) in [7, 11) is 0. The molecule has 242 valence electrons. The molecule has 46 heavy (non-hydrogen) atoms. The Morgan fingerprint density at radius 2 is 1.33 bits per heavy atom. The number of fused-ring (bicyclic) bond motifs is 5. The maximum atomic E-state index is 14.5. The Hall–Kier alpha value is -3.40. The summed E-state index contributed by atoms with van der Waals surface area (Å²) in [5.74, 6) is 2.41. The number of nitrogens with zero attached hydrogens (tertiary/aromatic N) is 1. The average molecular weight is 617 g/mol. The van der Waals surface area contributed by atoms with E-state index in [1.54, 1.807) is 0 Å². The molecule has 4 aliphatic rings. The van der Waals surface area contributed by atoms with Crippen molar-refractivity contribution in [2.24, 2.45) is 28.6 Å². The second-order valence-corrected chi connectivity index (χ2v) is 16.1. The molecule has 3 aromatic carbocycles. The minimum atomic E-state index is -0.806. The van der Waals surface area contributed by atoms with Gasteiger partial charge in [-0.3, -0.25) is 9.59 Å². The van der Waals surface area contributed by atoms with Crippen LogP contribution in [0, 0.1) is 28.6 Å². The molecule has 3 saturated carbocycles. The highest BCUT2D eigenvalue weighted by Gasteiger charge is 2.61. The smallest absolute Gasteiger partial charge is 0.224 e. The Morgan fingerprint density at radius 3 is 1.89 bits per heavy atom. The number of benzene rings is 3. The summed E-state index contributed by atoms with van der Waals surface area (Å²) in [4.78, 5) is 30.6. The summed E-state index contributed by atoms with van der Waals surface area (Å²) in [6.45, 7) is 9.18. The van der Waals surface area contributed by atoms with Crippen LogP contribution in [0.25, 0.3) is 0 Å². The second-order valence-electron chi connectivity index (χ2n) is 16.1. The maximum Gasteiger partial charge on any atom is 0.224 e. The summed E-state index contributed by atoms with van der Waals surface area (Å²) < 4.78 is 0. The Kier molecular flexibility index (Phi) is 7.93. The van der Waals surface area contributed by atoms with Crippen molar-refractivity contribution >= 4 is 11.8 Å². The second kappa shape index (κ2) is 11.7. The molecule has 1 unspecified atom stereocenters. The van der Waals surface area contributed by atoms with Crippen LogP contribution in [-0.2, 0) is 15.0 Å². The summed E-state index contributed by atoms with van der Waals surface area (Å²) >= 11 is 0. The topological polar surface area (TPSA) is 49.4 Å². The number of likely N-dealkylation sites (tertiary alicyclic amines) is 1. The van der Waals surface area contributed by atoms with Gasteiger partial charge in [-0.25, -0.2) is 0 Å². The molecule has 1 aliphatic heterocycles. The van der Waals surface area contributed by atoms with Crippen molar-refractivity contribution in [1.82, 2.24) is 10.2 Å². The molecule has 0 aromatic heterocycles. The van der Waals surface area contributed by atoms with Gasteiger partial charge < -0.3 is 10.2 Å². The third kappa shape index (κ3) is 5.02. The molecule has 6 atom stereocenters. The van der Waals surface area contributed by atoms with Crippen LogP contribution in [0.4, 0.5) is 0 Å². The molecule has 1 saturated heterocycles. The van der Waals surface area contributed by atoms with E-state index in [9.17, 15) is 9.59 Å². The fraction of sp³-hybridized carbons (Fsp3) is 0.524. The lowest BCUT2D eigenvalue weighted by Gasteiger charge is -2.63. The zero-order valence-electron chi connectivity index (χ0n) is 28.3. The van der Waals surface area contributed by atoms with E-state index in [0.29, 0.717) is 17.8 Å². The molecular weight excluding hydrogens is 564 g/mol. The van der Waals surface area contributed by atoms with Gasteiger partial charge in [-0.15, -0.1) is 0 Å². The molecule has 1 heterocycles. The summed E-state index contributed by atoms with van der Waals surface area (Å²) in [6, 6.07) is 31.4. The van der Waals surface area contributed by atoms with Crippen LogP contribution in [0.2, 0.25) is 0 Å². The summed E-state index contributed by atoms with van der Waals surface area (Å²) in [5.41, 5.74) is 2.36. The van der Waals surface area contributed by atoms with Gasteiger partial charge in [-0.1, -0.05) is 111 Å². The van der Waals surface area contributed by atoms with E-state index in [1.165, 1.54) is 38.5 Å². The van der Waals surface area contributed by atoms with Crippen LogP contribution in [-0.4, -0.2) is 28.4 Å². The van der Waals surface area contributed by atoms with Crippen LogP contribution < -0.4 is 5.32 Å². The van der Waals surface area contributed by atoms with Crippen molar-refractivity contribution in [3.8, 4) is 0 Å². The Bertz CT molecular complexity index is 1460. The largest absolute Gasteiger partial charge is 0.334 e. The first kappa shape index (κ1) is 31.2. The first-order valence-electron chi connectivity index (χ1n) is 17.9. The van der Waals surface area contributed by atoms with E-state index in [0.717, 1.165) is 41.4 Å². The SMILES string of the molecule is CC(C)(NC(=O)CC(c1ccccc1)(c1ccccc1)c1ccccc1)N1C(=O)CC[C@@]2(C)C1CC[C@@H]1[C@H]2CC[C@]2(C)CCC[C@@H]12. The fourth-order valence-corrected chi connectivity index (χ4v) is 11.2. The van der Waals surface area contributed by atoms with Gasteiger partial charge in [0.05, 0.1) is 5.41 Å². The minimum Gasteiger partial charge on any atom is -0.334 e.